The van der Waals surface area contributed by atoms with Crippen molar-refractivity contribution in [1.29, 1.82) is 0 Å². The lowest BCUT2D eigenvalue weighted by atomic mass is 10.0. The summed E-state index contributed by atoms with van der Waals surface area (Å²) in [5.74, 6) is 0.0839. The van der Waals surface area contributed by atoms with Gasteiger partial charge in [0.15, 0.2) is 5.65 Å². The number of methoxy groups -OCH3 is 1. The second-order valence-corrected chi connectivity index (χ2v) is 10.0. The van der Waals surface area contributed by atoms with Gasteiger partial charge in [0.25, 0.3) is 0 Å². The van der Waals surface area contributed by atoms with Crippen LogP contribution in [0.2, 0.25) is 0 Å². The second kappa shape index (κ2) is 10.9. The van der Waals surface area contributed by atoms with Gasteiger partial charge in [-0.3, -0.25) is 10.1 Å². The Kier molecular flexibility index (Phi) is 6.61. The van der Waals surface area contributed by atoms with Crippen LogP contribution >= 0.6 is 0 Å². The molecule has 5 heterocycles. The van der Waals surface area contributed by atoms with Gasteiger partial charge in [-0.25, -0.2) is 14.4 Å². The molecule has 0 saturated heterocycles. The van der Waals surface area contributed by atoms with E-state index in [1.165, 1.54) is 24.8 Å². The fourth-order valence-electron chi connectivity index (χ4n) is 5.20. The first kappa shape index (κ1) is 25.6. The minimum atomic E-state index is -0.368. The number of nitrogens with one attached hydrogen (secondary N) is 3. The topological polar surface area (TPSA) is 104 Å². The van der Waals surface area contributed by atoms with E-state index in [1.54, 1.807) is 6.20 Å². The van der Waals surface area contributed by atoms with Gasteiger partial charge in [0.05, 0.1) is 12.8 Å². The van der Waals surface area contributed by atoms with Crippen LogP contribution in [0, 0.1) is 5.82 Å². The monoisotopic (exact) mass is 555 g/mol. The average Bonchev–Trinajstić information content (AvgIpc) is 3.65. The Morgan fingerprint density at radius 3 is 2.52 bits per heavy atom. The molecule has 0 fully saturated rings. The quantitative estimate of drug-likeness (QED) is 0.194. The molecule has 7 aromatic rings. The number of hydrogen-bond acceptors (Lipinski definition) is 6. The molecule has 42 heavy (non-hydrogen) atoms. The van der Waals surface area contributed by atoms with E-state index >= 15 is 0 Å². The Bertz CT molecular complexity index is 2030. The predicted molar refractivity (Wildman–Crippen MR) is 161 cm³/mol. The summed E-state index contributed by atoms with van der Waals surface area (Å²) in [7, 11) is 1.52. The van der Waals surface area contributed by atoms with E-state index in [-0.39, 0.29) is 5.82 Å². The number of fused-ring (bicyclic) bond motifs is 2. The molecular weight excluding hydrogens is 529 g/mol. The maximum atomic E-state index is 14.3. The minimum absolute atomic E-state index is 0.368. The van der Waals surface area contributed by atoms with Crippen LogP contribution in [0.1, 0.15) is 11.1 Å². The Balaban J connectivity index is 1.21. The van der Waals surface area contributed by atoms with E-state index < -0.39 is 0 Å². The van der Waals surface area contributed by atoms with Gasteiger partial charge in [-0.05, 0) is 58.7 Å². The molecular formula is C33H26FN7O. The molecule has 0 spiro atoms. The van der Waals surface area contributed by atoms with Crippen LogP contribution in [0.15, 0.2) is 97.6 Å². The highest BCUT2D eigenvalue weighted by Gasteiger charge is 2.16. The Hall–Kier alpha value is -5.41. The first-order valence-electron chi connectivity index (χ1n) is 13.5. The first-order valence-corrected chi connectivity index (χ1v) is 13.5. The lowest BCUT2D eigenvalue weighted by molar-refractivity contribution is 0.411. The molecule has 0 unspecified atom stereocenters. The Labute approximate surface area is 240 Å². The van der Waals surface area contributed by atoms with E-state index in [2.05, 4.69) is 59.7 Å². The van der Waals surface area contributed by atoms with Crippen molar-refractivity contribution in [2.75, 3.05) is 7.11 Å². The molecule has 0 radical (unpaired) electrons. The van der Waals surface area contributed by atoms with E-state index in [9.17, 15) is 4.39 Å². The summed E-state index contributed by atoms with van der Waals surface area (Å²) in [5, 5.41) is 12.8. The number of nitrogens with zero attached hydrogens (tertiary/aromatic N) is 4. The number of halogens is 1. The van der Waals surface area contributed by atoms with Crippen molar-refractivity contribution in [3.8, 4) is 39.4 Å². The van der Waals surface area contributed by atoms with Crippen LogP contribution in [-0.2, 0) is 13.1 Å². The van der Waals surface area contributed by atoms with Gasteiger partial charge in [0.1, 0.15) is 22.9 Å². The van der Waals surface area contributed by atoms with Gasteiger partial charge in [0, 0.05) is 65.8 Å². The van der Waals surface area contributed by atoms with Crippen molar-refractivity contribution in [2.24, 2.45) is 0 Å². The van der Waals surface area contributed by atoms with Gasteiger partial charge in [0.2, 0.25) is 0 Å². The normalized spacial score (nSPS) is 11.4. The van der Waals surface area contributed by atoms with Crippen molar-refractivity contribution in [1.82, 2.24) is 35.5 Å². The SMILES string of the molecule is COc1cc(F)cc(-c2ccnc3[nH]c(-c4n[nH]c5ncc(-c6cncc(CNCc7ccccc7)c6)cc45)cc23)c1. The van der Waals surface area contributed by atoms with Crippen LogP contribution in [0.3, 0.4) is 0 Å². The van der Waals surface area contributed by atoms with Crippen LogP contribution in [0.4, 0.5) is 4.39 Å². The number of ether oxygens (including phenoxy) is 1. The van der Waals surface area contributed by atoms with Crippen molar-refractivity contribution in [3.63, 3.8) is 0 Å². The number of H-pyrrole nitrogens is 2. The zero-order chi connectivity index (χ0) is 28.5. The molecule has 2 aromatic carbocycles. The lowest BCUT2D eigenvalue weighted by Crippen LogP contribution is -2.12. The van der Waals surface area contributed by atoms with Gasteiger partial charge in [-0.2, -0.15) is 5.10 Å². The number of hydrogen-bond donors (Lipinski definition) is 3. The highest BCUT2D eigenvalue weighted by atomic mass is 19.1. The number of benzene rings is 2. The predicted octanol–water partition coefficient (Wildman–Crippen LogP) is 6.67. The Morgan fingerprint density at radius 2 is 1.64 bits per heavy atom. The highest BCUT2D eigenvalue weighted by Crippen LogP contribution is 2.35. The summed E-state index contributed by atoms with van der Waals surface area (Å²) >= 11 is 0. The first-order chi connectivity index (χ1) is 20.6. The zero-order valence-corrected chi connectivity index (χ0v) is 22.7. The van der Waals surface area contributed by atoms with E-state index in [0.29, 0.717) is 34.8 Å². The lowest BCUT2D eigenvalue weighted by Gasteiger charge is -2.07. The summed E-state index contributed by atoms with van der Waals surface area (Å²) in [6.07, 6.45) is 7.24. The summed E-state index contributed by atoms with van der Waals surface area (Å²) < 4.78 is 19.6. The molecule has 0 aliphatic carbocycles. The minimum Gasteiger partial charge on any atom is -0.497 e. The summed E-state index contributed by atoms with van der Waals surface area (Å²) in [6.45, 7) is 1.48. The molecule has 0 amide bonds. The maximum Gasteiger partial charge on any atom is 0.155 e. The fourth-order valence-corrected chi connectivity index (χ4v) is 5.20. The number of pyridine rings is 3. The van der Waals surface area contributed by atoms with Crippen molar-refractivity contribution in [3.05, 3.63) is 115 Å². The van der Waals surface area contributed by atoms with Crippen molar-refractivity contribution < 1.29 is 9.13 Å². The number of aromatic nitrogens is 6. The summed E-state index contributed by atoms with van der Waals surface area (Å²) in [6, 6.07) is 23.0. The van der Waals surface area contributed by atoms with Gasteiger partial charge in [-0.15, -0.1) is 0 Å². The third-order valence-corrected chi connectivity index (χ3v) is 7.25. The van der Waals surface area contributed by atoms with Crippen molar-refractivity contribution in [2.45, 2.75) is 13.1 Å². The molecule has 8 nitrogen and oxygen atoms in total. The molecule has 0 saturated carbocycles. The molecule has 0 aliphatic heterocycles. The second-order valence-electron chi connectivity index (χ2n) is 10.0. The average molecular weight is 556 g/mol. The third kappa shape index (κ3) is 4.97. The van der Waals surface area contributed by atoms with Gasteiger partial charge >= 0.3 is 0 Å². The molecule has 0 atom stereocenters. The van der Waals surface area contributed by atoms with Crippen LogP contribution < -0.4 is 10.1 Å². The Morgan fingerprint density at radius 1 is 0.786 bits per heavy atom. The zero-order valence-electron chi connectivity index (χ0n) is 22.7. The van der Waals surface area contributed by atoms with Crippen molar-refractivity contribution >= 4 is 22.1 Å². The number of aromatic amines is 2. The molecule has 3 N–H and O–H groups in total. The highest BCUT2D eigenvalue weighted by molar-refractivity contribution is 5.99. The van der Waals surface area contributed by atoms with E-state index in [1.807, 2.05) is 55.0 Å². The summed E-state index contributed by atoms with van der Waals surface area (Å²) in [4.78, 5) is 17.0. The molecule has 0 bridgehead atoms. The molecule has 7 rings (SSSR count). The fraction of sp³-hybridized carbons (Fsp3) is 0.0909. The molecule has 5 aromatic heterocycles. The standard InChI is InChI=1S/C33H26FN7O/c1-42-26-11-22(10-25(34)13-26)27-7-8-37-32-28(27)14-30(39-32)31-29-12-24(19-38-33(29)41-40-31)23-9-21(17-36-18-23)16-35-15-20-5-3-2-4-6-20/h2-14,17-19,35H,15-16H2,1H3,(H,37,39)(H,38,40,41). The third-order valence-electron chi connectivity index (χ3n) is 7.25. The van der Waals surface area contributed by atoms with Crippen LogP contribution in [-0.4, -0.2) is 37.2 Å². The smallest absolute Gasteiger partial charge is 0.155 e. The maximum absolute atomic E-state index is 14.3. The largest absolute Gasteiger partial charge is 0.497 e. The molecule has 9 heteroatoms. The molecule has 0 aliphatic rings. The number of rotatable bonds is 8. The van der Waals surface area contributed by atoms with Crippen LogP contribution in [0.5, 0.6) is 5.75 Å². The van der Waals surface area contributed by atoms with E-state index in [4.69, 9.17) is 4.74 Å². The van der Waals surface area contributed by atoms with Crippen LogP contribution in [0.25, 0.3) is 55.7 Å². The van der Waals surface area contributed by atoms with E-state index in [0.717, 1.165) is 45.3 Å². The molecule has 206 valence electrons. The van der Waals surface area contributed by atoms with Gasteiger partial charge in [-0.1, -0.05) is 30.3 Å². The summed E-state index contributed by atoms with van der Waals surface area (Å²) in [5.41, 5.74) is 8.59. The van der Waals surface area contributed by atoms with Gasteiger partial charge < -0.3 is 15.0 Å².